The van der Waals surface area contributed by atoms with Gasteiger partial charge >= 0.3 is 0 Å². The summed E-state index contributed by atoms with van der Waals surface area (Å²) in [6.07, 6.45) is 0. The zero-order chi connectivity index (χ0) is 16.4. The maximum absolute atomic E-state index is 11.3. The molecule has 7 heteroatoms. The van der Waals surface area contributed by atoms with Gasteiger partial charge in [0, 0.05) is 5.39 Å². The molecular weight excluding hydrogens is 296 g/mol. The summed E-state index contributed by atoms with van der Waals surface area (Å²) < 4.78 is 5.04. The van der Waals surface area contributed by atoms with Crippen LogP contribution in [0.3, 0.4) is 0 Å². The van der Waals surface area contributed by atoms with Crippen molar-refractivity contribution in [1.82, 2.24) is 9.97 Å². The number of anilines is 2. The maximum Gasteiger partial charge on any atom is 0.296 e. The summed E-state index contributed by atoms with van der Waals surface area (Å²) in [5, 5.41) is 15.1. The second kappa shape index (κ2) is 5.88. The average Bonchev–Trinajstić information content (AvgIpc) is 2.54. The molecule has 0 aliphatic carbocycles. The summed E-state index contributed by atoms with van der Waals surface area (Å²) in [6.45, 7) is 1.78. The summed E-state index contributed by atoms with van der Waals surface area (Å²) in [5.74, 6) is 1.54. The molecule has 3 rings (SSSR count). The fourth-order valence-corrected chi connectivity index (χ4v) is 2.31. The van der Waals surface area contributed by atoms with Crippen molar-refractivity contribution in [3.8, 4) is 5.75 Å². The van der Waals surface area contributed by atoms with Gasteiger partial charge in [-0.2, -0.15) is 0 Å². The van der Waals surface area contributed by atoms with Gasteiger partial charge in [-0.25, -0.2) is 9.97 Å². The Morgan fingerprint density at radius 1 is 1.17 bits per heavy atom. The summed E-state index contributed by atoms with van der Waals surface area (Å²) in [7, 11) is 1.47. The molecule has 0 aliphatic heterocycles. The lowest BCUT2D eigenvalue weighted by Crippen LogP contribution is -2.02. The van der Waals surface area contributed by atoms with Crippen molar-refractivity contribution in [3.63, 3.8) is 0 Å². The van der Waals surface area contributed by atoms with E-state index < -0.39 is 4.92 Å². The van der Waals surface area contributed by atoms with Crippen molar-refractivity contribution in [1.29, 1.82) is 0 Å². The highest BCUT2D eigenvalue weighted by Crippen LogP contribution is 2.32. The second-order valence-corrected chi connectivity index (χ2v) is 4.90. The Hall–Kier alpha value is -3.22. The fourth-order valence-electron chi connectivity index (χ4n) is 2.31. The predicted molar refractivity (Wildman–Crippen MR) is 87.2 cm³/mol. The van der Waals surface area contributed by atoms with E-state index in [0.717, 1.165) is 10.9 Å². The van der Waals surface area contributed by atoms with Crippen molar-refractivity contribution in [2.24, 2.45) is 0 Å². The largest absolute Gasteiger partial charge is 0.496 e. The molecule has 2 aromatic carbocycles. The fraction of sp³-hybridized carbons (Fsp3) is 0.125. The third-order valence-electron chi connectivity index (χ3n) is 3.37. The number of benzene rings is 2. The van der Waals surface area contributed by atoms with Gasteiger partial charge in [0.15, 0.2) is 0 Å². The molecule has 3 aromatic rings. The van der Waals surface area contributed by atoms with Crippen LogP contribution in [0.2, 0.25) is 0 Å². The van der Waals surface area contributed by atoms with Crippen LogP contribution in [0.25, 0.3) is 10.9 Å². The van der Waals surface area contributed by atoms with Gasteiger partial charge in [0.2, 0.25) is 0 Å². The molecular formula is C16H14N4O3. The number of nitrogens with one attached hydrogen (secondary N) is 1. The summed E-state index contributed by atoms with van der Waals surface area (Å²) in [6, 6.07) is 12.1. The Morgan fingerprint density at radius 2 is 1.96 bits per heavy atom. The highest BCUT2D eigenvalue weighted by molar-refractivity contribution is 5.91. The molecule has 1 aromatic heterocycles. The first-order valence-corrected chi connectivity index (χ1v) is 6.91. The van der Waals surface area contributed by atoms with E-state index in [1.54, 1.807) is 19.1 Å². The van der Waals surface area contributed by atoms with Gasteiger partial charge < -0.3 is 10.1 Å². The summed E-state index contributed by atoms with van der Waals surface area (Å²) in [4.78, 5) is 19.6. The van der Waals surface area contributed by atoms with E-state index in [1.807, 2.05) is 24.3 Å². The van der Waals surface area contributed by atoms with Gasteiger partial charge in [-0.15, -0.1) is 0 Å². The van der Waals surface area contributed by atoms with Crippen LogP contribution in [0.4, 0.5) is 17.2 Å². The normalized spacial score (nSPS) is 10.5. The molecule has 0 unspecified atom stereocenters. The molecule has 0 saturated carbocycles. The van der Waals surface area contributed by atoms with Gasteiger partial charge in [-0.3, -0.25) is 10.1 Å². The Morgan fingerprint density at radius 3 is 2.70 bits per heavy atom. The number of nitro benzene ring substituents is 1. The van der Waals surface area contributed by atoms with Crippen molar-refractivity contribution in [2.75, 3.05) is 12.4 Å². The first-order valence-electron chi connectivity index (χ1n) is 6.91. The van der Waals surface area contributed by atoms with E-state index in [0.29, 0.717) is 23.1 Å². The van der Waals surface area contributed by atoms with Crippen LogP contribution in [0, 0.1) is 17.0 Å². The number of nitrogens with zero attached hydrogens (tertiary/aromatic N) is 3. The number of aromatic nitrogens is 2. The standard InChI is InChI=1S/C16H14N4O3/c1-10-17-13-6-4-3-5-12(13)16(18-10)19-14-8-7-11(23-2)9-15(14)20(21)22/h3-9H,1-2H3,(H,17,18,19). The van der Waals surface area contributed by atoms with Gasteiger partial charge in [0.05, 0.1) is 23.6 Å². The van der Waals surface area contributed by atoms with Gasteiger partial charge in [-0.1, -0.05) is 12.1 Å². The van der Waals surface area contributed by atoms with Crippen LogP contribution >= 0.6 is 0 Å². The third kappa shape index (κ3) is 2.89. The molecule has 23 heavy (non-hydrogen) atoms. The van der Waals surface area contributed by atoms with Gasteiger partial charge in [0.1, 0.15) is 23.1 Å². The number of rotatable bonds is 4. The number of ether oxygens (including phenoxy) is 1. The van der Waals surface area contributed by atoms with E-state index in [2.05, 4.69) is 15.3 Å². The Labute approximate surface area is 132 Å². The number of para-hydroxylation sites is 1. The molecule has 0 bridgehead atoms. The number of hydrogen-bond donors (Lipinski definition) is 1. The first-order chi connectivity index (χ1) is 11.1. The SMILES string of the molecule is COc1ccc(Nc2nc(C)nc3ccccc23)c([N+](=O)[O-])c1. The minimum Gasteiger partial charge on any atom is -0.496 e. The third-order valence-corrected chi connectivity index (χ3v) is 3.37. The number of methoxy groups -OCH3 is 1. The zero-order valence-corrected chi connectivity index (χ0v) is 12.6. The summed E-state index contributed by atoms with van der Waals surface area (Å²) in [5.41, 5.74) is 1.04. The number of aryl methyl sites for hydroxylation is 1. The van der Waals surface area contributed by atoms with Crippen molar-refractivity contribution < 1.29 is 9.66 Å². The molecule has 0 aliphatic rings. The average molecular weight is 310 g/mol. The molecule has 116 valence electrons. The molecule has 0 radical (unpaired) electrons. The van der Waals surface area contributed by atoms with E-state index in [9.17, 15) is 10.1 Å². The highest BCUT2D eigenvalue weighted by Gasteiger charge is 2.17. The molecule has 0 atom stereocenters. The van der Waals surface area contributed by atoms with Crippen LogP contribution in [-0.4, -0.2) is 22.0 Å². The lowest BCUT2D eigenvalue weighted by atomic mass is 10.2. The van der Waals surface area contributed by atoms with Gasteiger partial charge in [-0.05, 0) is 31.2 Å². The van der Waals surface area contributed by atoms with E-state index in [-0.39, 0.29) is 5.69 Å². The maximum atomic E-state index is 11.3. The molecule has 1 heterocycles. The highest BCUT2D eigenvalue weighted by atomic mass is 16.6. The van der Waals surface area contributed by atoms with E-state index >= 15 is 0 Å². The Balaban J connectivity index is 2.11. The lowest BCUT2D eigenvalue weighted by Gasteiger charge is -2.10. The molecule has 0 amide bonds. The number of fused-ring (bicyclic) bond motifs is 1. The zero-order valence-electron chi connectivity index (χ0n) is 12.6. The predicted octanol–water partition coefficient (Wildman–Crippen LogP) is 3.60. The van der Waals surface area contributed by atoms with Crippen LogP contribution in [-0.2, 0) is 0 Å². The second-order valence-electron chi connectivity index (χ2n) is 4.90. The molecule has 1 N–H and O–H groups in total. The van der Waals surface area contributed by atoms with Crippen molar-refractivity contribution >= 4 is 28.1 Å². The molecule has 0 fully saturated rings. The van der Waals surface area contributed by atoms with Gasteiger partial charge in [0.25, 0.3) is 5.69 Å². The van der Waals surface area contributed by atoms with Crippen LogP contribution < -0.4 is 10.1 Å². The van der Waals surface area contributed by atoms with Crippen LogP contribution in [0.15, 0.2) is 42.5 Å². The Kier molecular flexibility index (Phi) is 3.76. The quantitative estimate of drug-likeness (QED) is 0.585. The molecule has 0 spiro atoms. The lowest BCUT2D eigenvalue weighted by molar-refractivity contribution is -0.384. The number of nitro groups is 1. The van der Waals surface area contributed by atoms with Crippen molar-refractivity contribution in [2.45, 2.75) is 6.92 Å². The minimum absolute atomic E-state index is 0.0790. The Bertz CT molecular complexity index is 896. The summed E-state index contributed by atoms with van der Waals surface area (Å²) >= 11 is 0. The van der Waals surface area contributed by atoms with Crippen molar-refractivity contribution in [3.05, 3.63) is 58.4 Å². The molecule has 7 nitrogen and oxygen atoms in total. The topological polar surface area (TPSA) is 90.2 Å². The number of hydrogen-bond acceptors (Lipinski definition) is 6. The van der Waals surface area contributed by atoms with E-state index in [4.69, 9.17) is 4.74 Å². The first kappa shape index (κ1) is 14.7. The smallest absolute Gasteiger partial charge is 0.296 e. The monoisotopic (exact) mass is 310 g/mol. The minimum atomic E-state index is -0.457. The van der Waals surface area contributed by atoms with E-state index in [1.165, 1.54) is 13.2 Å². The molecule has 0 saturated heterocycles. The van der Waals surface area contributed by atoms with Crippen LogP contribution in [0.1, 0.15) is 5.82 Å². The van der Waals surface area contributed by atoms with Crippen LogP contribution in [0.5, 0.6) is 5.75 Å².